The van der Waals surface area contributed by atoms with E-state index >= 15 is 0 Å². The van der Waals surface area contributed by atoms with Crippen molar-refractivity contribution in [2.24, 2.45) is 0 Å². The van der Waals surface area contributed by atoms with Gasteiger partial charge in [0.25, 0.3) is 0 Å². The molecule has 5 heteroatoms. The summed E-state index contributed by atoms with van der Waals surface area (Å²) in [5, 5.41) is 3.18. The second-order valence-corrected chi connectivity index (χ2v) is 4.47. The first-order valence-electron chi connectivity index (χ1n) is 6.83. The highest BCUT2D eigenvalue weighted by atomic mass is 16.5. The van der Waals surface area contributed by atoms with Gasteiger partial charge in [-0.1, -0.05) is 26.0 Å². The summed E-state index contributed by atoms with van der Waals surface area (Å²) in [6.45, 7) is 4.75. The van der Waals surface area contributed by atoms with E-state index < -0.39 is 0 Å². The summed E-state index contributed by atoms with van der Waals surface area (Å²) in [5.41, 5.74) is 8.68. The Morgan fingerprint density at radius 3 is 2.55 bits per heavy atom. The summed E-state index contributed by atoms with van der Waals surface area (Å²) in [6, 6.07) is 8.17. The molecule has 106 valence electrons. The monoisotopic (exact) mass is 272 g/mol. The molecule has 1 aromatic carbocycles. The Balaban J connectivity index is 2.15. The van der Waals surface area contributed by atoms with E-state index in [1.807, 2.05) is 19.1 Å². The number of nitrogens with one attached hydrogen (secondary N) is 1. The Morgan fingerprint density at radius 1 is 1.15 bits per heavy atom. The van der Waals surface area contributed by atoms with Gasteiger partial charge in [-0.25, -0.2) is 4.98 Å². The van der Waals surface area contributed by atoms with Crippen LogP contribution in [0.25, 0.3) is 0 Å². The molecule has 0 unspecified atom stereocenters. The van der Waals surface area contributed by atoms with E-state index in [0.29, 0.717) is 24.0 Å². The highest BCUT2D eigenvalue weighted by Crippen LogP contribution is 2.27. The summed E-state index contributed by atoms with van der Waals surface area (Å²) >= 11 is 0. The fourth-order valence-electron chi connectivity index (χ4n) is 1.75. The van der Waals surface area contributed by atoms with Crippen LogP contribution < -0.4 is 15.8 Å². The average Bonchev–Trinajstić information content (AvgIpc) is 2.49. The van der Waals surface area contributed by atoms with Crippen molar-refractivity contribution in [3.05, 3.63) is 36.2 Å². The number of nitrogens with zero attached hydrogens (tertiary/aromatic N) is 2. The van der Waals surface area contributed by atoms with Gasteiger partial charge < -0.3 is 15.8 Å². The topological polar surface area (TPSA) is 73.1 Å². The highest BCUT2D eigenvalue weighted by molar-refractivity contribution is 5.72. The molecule has 1 aromatic heterocycles. The summed E-state index contributed by atoms with van der Waals surface area (Å²) in [5.74, 6) is 0.991. The fraction of sp³-hybridized carbons (Fsp3) is 0.333. The maximum absolute atomic E-state index is 6.02. The zero-order valence-corrected chi connectivity index (χ0v) is 11.9. The van der Waals surface area contributed by atoms with E-state index in [4.69, 9.17) is 10.5 Å². The maximum Gasteiger partial charge on any atom is 0.242 e. The van der Waals surface area contributed by atoms with Crippen LogP contribution in [0.2, 0.25) is 0 Å². The number of hydrogen-bond acceptors (Lipinski definition) is 5. The molecule has 2 rings (SSSR count). The van der Waals surface area contributed by atoms with Crippen molar-refractivity contribution in [3.8, 4) is 5.88 Å². The van der Waals surface area contributed by atoms with E-state index in [9.17, 15) is 0 Å². The predicted molar refractivity (Wildman–Crippen MR) is 81.3 cm³/mol. The predicted octanol–water partition coefficient (Wildman–Crippen LogP) is 3.15. The van der Waals surface area contributed by atoms with Crippen molar-refractivity contribution in [3.63, 3.8) is 0 Å². The van der Waals surface area contributed by atoms with Crippen LogP contribution >= 0.6 is 0 Å². The Labute approximate surface area is 119 Å². The van der Waals surface area contributed by atoms with Gasteiger partial charge in [0, 0.05) is 5.69 Å². The van der Waals surface area contributed by atoms with Gasteiger partial charge in [0.2, 0.25) is 5.88 Å². The summed E-state index contributed by atoms with van der Waals surface area (Å²) in [6.07, 6.45) is 3.37. The molecular formula is C15H20N4O. The number of rotatable bonds is 6. The van der Waals surface area contributed by atoms with Crippen LogP contribution in [0.3, 0.4) is 0 Å². The van der Waals surface area contributed by atoms with Crippen LogP contribution in [-0.4, -0.2) is 16.6 Å². The van der Waals surface area contributed by atoms with Crippen molar-refractivity contribution in [1.82, 2.24) is 9.97 Å². The minimum Gasteiger partial charge on any atom is -0.476 e. The molecule has 3 N–H and O–H groups in total. The molecule has 20 heavy (non-hydrogen) atoms. The fourth-order valence-corrected chi connectivity index (χ4v) is 1.75. The molecule has 2 aromatic rings. The quantitative estimate of drug-likeness (QED) is 0.845. The molecule has 0 aliphatic heterocycles. The van der Waals surface area contributed by atoms with Gasteiger partial charge in [-0.05, 0) is 30.5 Å². The van der Waals surface area contributed by atoms with E-state index in [0.717, 1.165) is 18.5 Å². The van der Waals surface area contributed by atoms with Gasteiger partial charge in [0.1, 0.15) is 12.0 Å². The molecule has 0 saturated carbocycles. The minimum absolute atomic E-state index is 0.425. The summed E-state index contributed by atoms with van der Waals surface area (Å²) in [7, 11) is 0. The third-order valence-electron chi connectivity index (χ3n) is 2.92. The molecule has 0 saturated heterocycles. The van der Waals surface area contributed by atoms with Crippen molar-refractivity contribution >= 4 is 17.2 Å². The molecule has 5 nitrogen and oxygen atoms in total. The summed E-state index contributed by atoms with van der Waals surface area (Å²) < 4.78 is 5.48. The Hall–Kier alpha value is -2.30. The number of benzene rings is 1. The van der Waals surface area contributed by atoms with Gasteiger partial charge >= 0.3 is 0 Å². The van der Waals surface area contributed by atoms with Gasteiger partial charge in [-0.2, -0.15) is 4.98 Å². The molecule has 0 amide bonds. The average molecular weight is 272 g/mol. The number of aromatic nitrogens is 2. The Morgan fingerprint density at radius 2 is 1.90 bits per heavy atom. The zero-order chi connectivity index (χ0) is 14.4. The number of ether oxygens (including phenoxy) is 1. The van der Waals surface area contributed by atoms with Crippen LogP contribution in [0, 0.1) is 0 Å². The van der Waals surface area contributed by atoms with Crippen LogP contribution in [0.1, 0.15) is 25.8 Å². The molecule has 0 atom stereocenters. The number of anilines is 3. The van der Waals surface area contributed by atoms with E-state index in [1.54, 1.807) is 0 Å². The lowest BCUT2D eigenvalue weighted by atomic mass is 10.1. The Kier molecular flexibility index (Phi) is 4.76. The van der Waals surface area contributed by atoms with E-state index in [-0.39, 0.29) is 0 Å². The molecule has 0 spiro atoms. The smallest absolute Gasteiger partial charge is 0.242 e. The first-order valence-corrected chi connectivity index (χ1v) is 6.83. The van der Waals surface area contributed by atoms with Crippen LogP contribution in [-0.2, 0) is 6.42 Å². The highest BCUT2D eigenvalue weighted by Gasteiger charge is 2.09. The third-order valence-corrected chi connectivity index (χ3v) is 2.92. The molecule has 0 radical (unpaired) electrons. The van der Waals surface area contributed by atoms with Crippen molar-refractivity contribution in [2.45, 2.75) is 26.7 Å². The molecule has 0 bridgehead atoms. The van der Waals surface area contributed by atoms with E-state index in [1.165, 1.54) is 11.9 Å². The lowest BCUT2D eigenvalue weighted by Gasteiger charge is -2.11. The number of nitrogen functional groups attached to an aromatic ring is 1. The minimum atomic E-state index is 0.425. The summed E-state index contributed by atoms with van der Waals surface area (Å²) in [4.78, 5) is 8.20. The van der Waals surface area contributed by atoms with Crippen LogP contribution in [0.5, 0.6) is 5.88 Å². The normalized spacial score (nSPS) is 10.3. The van der Waals surface area contributed by atoms with Crippen molar-refractivity contribution < 1.29 is 4.74 Å². The number of hydrogen-bond donors (Lipinski definition) is 2. The van der Waals surface area contributed by atoms with Crippen LogP contribution in [0.4, 0.5) is 17.2 Å². The van der Waals surface area contributed by atoms with Crippen LogP contribution in [0.15, 0.2) is 30.6 Å². The number of aryl methyl sites for hydroxylation is 1. The van der Waals surface area contributed by atoms with E-state index in [2.05, 4.69) is 34.3 Å². The molecule has 0 aliphatic rings. The Bertz CT molecular complexity index is 554. The van der Waals surface area contributed by atoms with Gasteiger partial charge in [-0.3, -0.25) is 0 Å². The molecule has 1 heterocycles. The second-order valence-electron chi connectivity index (χ2n) is 4.47. The zero-order valence-electron chi connectivity index (χ0n) is 11.9. The molecular weight excluding hydrogens is 252 g/mol. The SMILES string of the molecule is CCCOc1ncnc(Nc2ccc(CC)cc2)c1N. The maximum atomic E-state index is 6.02. The lowest BCUT2D eigenvalue weighted by molar-refractivity contribution is 0.307. The largest absolute Gasteiger partial charge is 0.476 e. The standard InChI is InChI=1S/C15H20N4O/c1-3-9-20-15-13(16)14(17-10-18-15)19-12-7-5-11(4-2)6-8-12/h5-8,10H,3-4,9,16H2,1-2H3,(H,17,18,19). The van der Waals surface area contributed by atoms with Gasteiger partial charge in [-0.15, -0.1) is 0 Å². The lowest BCUT2D eigenvalue weighted by Crippen LogP contribution is -2.05. The first-order chi connectivity index (χ1) is 9.74. The molecule has 0 fully saturated rings. The van der Waals surface area contributed by atoms with Crippen molar-refractivity contribution in [1.29, 1.82) is 0 Å². The van der Waals surface area contributed by atoms with Gasteiger partial charge in [0.05, 0.1) is 6.61 Å². The van der Waals surface area contributed by atoms with Crippen molar-refractivity contribution in [2.75, 3.05) is 17.7 Å². The van der Waals surface area contributed by atoms with Gasteiger partial charge in [0.15, 0.2) is 5.82 Å². The number of nitrogens with two attached hydrogens (primary N) is 1. The third kappa shape index (κ3) is 3.38. The second kappa shape index (κ2) is 6.75. The first kappa shape index (κ1) is 14.1. The molecule has 0 aliphatic carbocycles.